The second-order valence-corrected chi connectivity index (χ2v) is 8.34. The molecule has 1 fully saturated rings. The first-order chi connectivity index (χ1) is 16.9. The van der Waals surface area contributed by atoms with Gasteiger partial charge in [0.25, 0.3) is 11.8 Å². The number of likely N-dealkylation sites (tertiary alicyclic amines) is 1. The van der Waals surface area contributed by atoms with Gasteiger partial charge in [-0.1, -0.05) is 6.92 Å². The summed E-state index contributed by atoms with van der Waals surface area (Å²) in [5, 5.41) is 6.96. The number of ether oxygens (including phenoxy) is 3. The number of aryl methyl sites for hydroxylation is 1. The van der Waals surface area contributed by atoms with Crippen molar-refractivity contribution in [2.45, 2.75) is 32.5 Å². The summed E-state index contributed by atoms with van der Waals surface area (Å²) in [5.41, 5.74) is 0.965. The monoisotopic (exact) mass is 478 g/mol. The molecule has 1 aliphatic rings. The van der Waals surface area contributed by atoms with Crippen LogP contribution in [0.1, 0.15) is 46.9 Å². The minimum atomic E-state index is -0.465. The Morgan fingerprint density at radius 2 is 1.71 bits per heavy atom. The van der Waals surface area contributed by atoms with Crippen molar-refractivity contribution in [3.63, 3.8) is 0 Å². The van der Waals surface area contributed by atoms with Crippen LogP contribution in [-0.4, -0.2) is 53.0 Å². The maximum atomic E-state index is 12.9. The first kappa shape index (κ1) is 24.3. The molecule has 35 heavy (non-hydrogen) atoms. The summed E-state index contributed by atoms with van der Waals surface area (Å²) in [4.78, 5) is 27.4. The second-order valence-electron chi connectivity index (χ2n) is 8.34. The lowest BCUT2D eigenvalue weighted by Crippen LogP contribution is -2.27. The highest BCUT2D eigenvalue weighted by atomic mass is 16.7. The molecule has 9 heteroatoms. The summed E-state index contributed by atoms with van der Waals surface area (Å²) in [6, 6.07) is 13.7. The average Bonchev–Trinajstić information content (AvgIpc) is 3.54. The van der Waals surface area contributed by atoms with E-state index in [1.807, 2.05) is 11.8 Å². The van der Waals surface area contributed by atoms with Crippen molar-refractivity contribution in [1.82, 2.24) is 14.7 Å². The van der Waals surface area contributed by atoms with Gasteiger partial charge in [0.1, 0.15) is 17.2 Å². The Morgan fingerprint density at radius 1 is 1.00 bits per heavy atom. The molecule has 1 N–H and O–H groups in total. The Kier molecular flexibility index (Phi) is 7.67. The van der Waals surface area contributed by atoms with Gasteiger partial charge < -0.3 is 24.4 Å². The molecule has 2 aromatic carbocycles. The standard InChI is InChI=1S/C26H30N4O5/c1-4-24(33-3)35-22-16-19(25(31)27-23-11-14-29(2)28-23)15-21(17-22)34-20-9-7-18(8-10-20)26(32)30-12-5-6-13-30/h7-11,14-17,24H,4-6,12-13H2,1-3H3,(H,27,28,31). The van der Waals surface area contributed by atoms with Crippen molar-refractivity contribution in [2.75, 3.05) is 25.5 Å². The van der Waals surface area contributed by atoms with Gasteiger partial charge >= 0.3 is 0 Å². The Bertz CT molecular complexity index is 1160. The summed E-state index contributed by atoms with van der Waals surface area (Å²) in [6.45, 7) is 3.54. The lowest BCUT2D eigenvalue weighted by atomic mass is 10.1. The maximum absolute atomic E-state index is 12.9. The molecule has 2 amide bonds. The van der Waals surface area contributed by atoms with Crippen LogP contribution in [0.25, 0.3) is 0 Å². The number of nitrogens with zero attached hydrogens (tertiary/aromatic N) is 3. The van der Waals surface area contributed by atoms with Crippen molar-refractivity contribution < 1.29 is 23.8 Å². The molecule has 1 atom stereocenters. The summed E-state index contributed by atoms with van der Waals surface area (Å²) in [5.74, 6) is 1.50. The van der Waals surface area contributed by atoms with Crippen molar-refractivity contribution in [1.29, 1.82) is 0 Å². The lowest BCUT2D eigenvalue weighted by molar-refractivity contribution is -0.0549. The van der Waals surface area contributed by atoms with Gasteiger partial charge in [-0.3, -0.25) is 14.3 Å². The molecular formula is C26H30N4O5. The summed E-state index contributed by atoms with van der Waals surface area (Å²) in [7, 11) is 3.34. The molecular weight excluding hydrogens is 448 g/mol. The molecule has 0 radical (unpaired) electrons. The average molecular weight is 479 g/mol. The van der Waals surface area contributed by atoms with Crippen LogP contribution in [0.2, 0.25) is 0 Å². The molecule has 1 aromatic heterocycles. The largest absolute Gasteiger partial charge is 0.465 e. The predicted molar refractivity (Wildman–Crippen MR) is 131 cm³/mol. The highest BCUT2D eigenvalue weighted by Crippen LogP contribution is 2.29. The van der Waals surface area contributed by atoms with Crippen molar-refractivity contribution in [2.24, 2.45) is 7.05 Å². The summed E-state index contributed by atoms with van der Waals surface area (Å²) >= 11 is 0. The van der Waals surface area contributed by atoms with E-state index in [9.17, 15) is 9.59 Å². The van der Waals surface area contributed by atoms with Crippen LogP contribution in [0.4, 0.5) is 5.82 Å². The van der Waals surface area contributed by atoms with E-state index < -0.39 is 6.29 Å². The zero-order chi connectivity index (χ0) is 24.8. The van der Waals surface area contributed by atoms with E-state index in [2.05, 4.69) is 10.4 Å². The molecule has 0 spiro atoms. The van der Waals surface area contributed by atoms with Gasteiger partial charge in [0.15, 0.2) is 12.1 Å². The van der Waals surface area contributed by atoms with E-state index in [-0.39, 0.29) is 11.8 Å². The third-order valence-electron chi connectivity index (χ3n) is 5.69. The Morgan fingerprint density at radius 3 is 2.34 bits per heavy atom. The number of aromatic nitrogens is 2. The van der Waals surface area contributed by atoms with Crippen molar-refractivity contribution in [3.05, 3.63) is 65.9 Å². The zero-order valence-electron chi connectivity index (χ0n) is 20.2. The van der Waals surface area contributed by atoms with Crippen LogP contribution in [-0.2, 0) is 11.8 Å². The third kappa shape index (κ3) is 6.19. The number of hydrogen-bond acceptors (Lipinski definition) is 6. The number of benzene rings is 2. The second kappa shape index (κ2) is 11.1. The van der Waals surface area contributed by atoms with E-state index in [0.717, 1.165) is 25.9 Å². The van der Waals surface area contributed by atoms with Gasteiger partial charge in [0, 0.05) is 63.1 Å². The predicted octanol–water partition coefficient (Wildman–Crippen LogP) is 4.46. The zero-order valence-corrected chi connectivity index (χ0v) is 20.2. The Hall–Kier alpha value is -3.85. The minimum Gasteiger partial charge on any atom is -0.465 e. The highest BCUT2D eigenvalue weighted by molar-refractivity contribution is 6.04. The first-order valence-corrected chi connectivity index (χ1v) is 11.7. The molecule has 9 nitrogen and oxygen atoms in total. The quantitative estimate of drug-likeness (QED) is 0.456. The van der Waals surface area contributed by atoms with Crippen molar-refractivity contribution in [3.8, 4) is 17.2 Å². The van der Waals surface area contributed by atoms with E-state index in [0.29, 0.717) is 40.6 Å². The van der Waals surface area contributed by atoms with Gasteiger partial charge in [-0.25, -0.2) is 0 Å². The molecule has 1 unspecified atom stereocenters. The Labute approximate surface area is 204 Å². The van der Waals surface area contributed by atoms with Gasteiger partial charge in [0.05, 0.1) is 0 Å². The molecule has 3 aromatic rings. The maximum Gasteiger partial charge on any atom is 0.257 e. The van der Waals surface area contributed by atoms with Crippen molar-refractivity contribution >= 4 is 17.6 Å². The fourth-order valence-electron chi connectivity index (χ4n) is 3.85. The smallest absolute Gasteiger partial charge is 0.257 e. The number of amides is 2. The number of carbonyl (C=O) groups is 2. The van der Waals surface area contributed by atoms with Gasteiger partial charge in [0.2, 0.25) is 0 Å². The molecule has 0 aliphatic carbocycles. The van der Waals surface area contributed by atoms with Crippen LogP contribution < -0.4 is 14.8 Å². The summed E-state index contributed by atoms with van der Waals surface area (Å²) in [6.07, 6.45) is 4.00. The van der Waals surface area contributed by atoms with Gasteiger partial charge in [-0.05, 0) is 49.2 Å². The number of hydrogen-bond donors (Lipinski definition) is 1. The Balaban J connectivity index is 1.54. The molecule has 0 saturated carbocycles. The number of nitrogens with one attached hydrogen (secondary N) is 1. The number of anilines is 1. The molecule has 1 aliphatic heterocycles. The molecule has 1 saturated heterocycles. The van der Waals surface area contributed by atoms with Gasteiger partial charge in [-0.15, -0.1) is 0 Å². The molecule has 184 valence electrons. The van der Waals surface area contributed by atoms with Crippen LogP contribution in [0.3, 0.4) is 0 Å². The van der Waals surface area contributed by atoms with Crippen LogP contribution in [0.5, 0.6) is 17.2 Å². The third-order valence-corrected chi connectivity index (χ3v) is 5.69. The van der Waals surface area contributed by atoms with Crippen LogP contribution in [0, 0.1) is 0 Å². The molecule has 0 bridgehead atoms. The van der Waals surface area contributed by atoms with E-state index in [1.54, 1.807) is 73.6 Å². The fourth-order valence-corrected chi connectivity index (χ4v) is 3.85. The van der Waals surface area contributed by atoms with Crippen LogP contribution in [0.15, 0.2) is 54.7 Å². The molecule has 2 heterocycles. The molecule has 4 rings (SSSR count). The van der Waals surface area contributed by atoms with E-state index in [1.165, 1.54) is 0 Å². The van der Waals surface area contributed by atoms with E-state index in [4.69, 9.17) is 14.2 Å². The fraction of sp³-hybridized carbons (Fsp3) is 0.346. The number of rotatable bonds is 9. The lowest BCUT2D eigenvalue weighted by Gasteiger charge is -2.18. The van der Waals surface area contributed by atoms with E-state index >= 15 is 0 Å². The first-order valence-electron chi connectivity index (χ1n) is 11.7. The normalized spacial score (nSPS) is 14.0. The van der Waals surface area contributed by atoms with Crippen LogP contribution >= 0.6 is 0 Å². The number of carbonyl (C=O) groups excluding carboxylic acids is 2. The highest BCUT2D eigenvalue weighted by Gasteiger charge is 2.19. The topological polar surface area (TPSA) is 94.9 Å². The summed E-state index contributed by atoms with van der Waals surface area (Å²) < 4.78 is 18.8. The number of methoxy groups -OCH3 is 1. The SMILES string of the molecule is CCC(OC)Oc1cc(Oc2ccc(C(=O)N3CCCC3)cc2)cc(C(=O)Nc2ccn(C)n2)c1. The minimum absolute atomic E-state index is 0.0306. The van der Waals surface area contributed by atoms with Gasteiger partial charge in [-0.2, -0.15) is 5.10 Å².